The van der Waals surface area contributed by atoms with E-state index in [0.29, 0.717) is 16.3 Å². The molecule has 0 radical (unpaired) electrons. The summed E-state index contributed by atoms with van der Waals surface area (Å²) in [5, 5.41) is 9.22. The summed E-state index contributed by atoms with van der Waals surface area (Å²) < 4.78 is 0. The zero-order valence-electron chi connectivity index (χ0n) is 6.50. The second-order valence-electron chi connectivity index (χ2n) is 2.28. The molecular formula is C7H8Cl2N2S. The van der Waals surface area contributed by atoms with Crippen molar-refractivity contribution >= 4 is 35.0 Å². The first kappa shape index (κ1) is 10.1. The molecule has 0 N–H and O–H groups in total. The third-order valence-corrected chi connectivity index (χ3v) is 3.02. The first-order valence-electron chi connectivity index (χ1n) is 3.44. The maximum absolute atomic E-state index is 5.64. The van der Waals surface area contributed by atoms with Crippen molar-refractivity contribution < 1.29 is 0 Å². The Morgan fingerprint density at radius 2 is 2.25 bits per heavy atom. The molecule has 0 aliphatic carbocycles. The van der Waals surface area contributed by atoms with E-state index in [1.807, 2.05) is 13.0 Å². The molecule has 1 aromatic heterocycles. The van der Waals surface area contributed by atoms with Crippen molar-refractivity contribution in [2.24, 2.45) is 0 Å². The van der Waals surface area contributed by atoms with E-state index >= 15 is 0 Å². The van der Waals surface area contributed by atoms with Gasteiger partial charge in [-0.05, 0) is 12.1 Å². The molecule has 2 nitrogen and oxygen atoms in total. The van der Waals surface area contributed by atoms with Crippen LogP contribution in [0.5, 0.6) is 0 Å². The zero-order chi connectivity index (χ0) is 8.97. The molecular weight excluding hydrogens is 215 g/mol. The molecule has 66 valence electrons. The number of rotatable bonds is 3. The van der Waals surface area contributed by atoms with E-state index < -0.39 is 0 Å². The molecule has 0 amide bonds. The Labute approximate surface area is 85.7 Å². The van der Waals surface area contributed by atoms with Gasteiger partial charge in [-0.3, -0.25) is 0 Å². The highest BCUT2D eigenvalue weighted by atomic mass is 35.5. The Morgan fingerprint density at radius 1 is 1.50 bits per heavy atom. The first-order chi connectivity index (χ1) is 5.72. The van der Waals surface area contributed by atoms with E-state index in [-0.39, 0.29) is 0 Å². The van der Waals surface area contributed by atoms with E-state index in [1.165, 1.54) is 0 Å². The van der Waals surface area contributed by atoms with Crippen LogP contribution in [0.2, 0.25) is 5.15 Å². The molecule has 1 heterocycles. The molecule has 0 bridgehead atoms. The van der Waals surface area contributed by atoms with Gasteiger partial charge >= 0.3 is 0 Å². The van der Waals surface area contributed by atoms with Gasteiger partial charge in [-0.2, -0.15) is 0 Å². The zero-order valence-corrected chi connectivity index (χ0v) is 8.83. The summed E-state index contributed by atoms with van der Waals surface area (Å²) in [7, 11) is 0. The van der Waals surface area contributed by atoms with Gasteiger partial charge in [-0.15, -0.1) is 33.6 Å². The first-order valence-corrected chi connectivity index (χ1v) is 5.23. The lowest BCUT2D eigenvalue weighted by Crippen LogP contribution is -1.98. The Kier molecular flexibility index (Phi) is 4.12. The number of hydrogen-bond donors (Lipinski definition) is 0. The lowest BCUT2D eigenvalue weighted by atomic mass is 10.6. The monoisotopic (exact) mass is 222 g/mol. The quantitative estimate of drug-likeness (QED) is 0.582. The molecule has 12 heavy (non-hydrogen) atoms. The van der Waals surface area contributed by atoms with Crippen LogP contribution < -0.4 is 0 Å². The van der Waals surface area contributed by atoms with Gasteiger partial charge in [0.1, 0.15) is 5.03 Å². The maximum atomic E-state index is 5.64. The van der Waals surface area contributed by atoms with E-state index in [1.54, 1.807) is 17.8 Å². The van der Waals surface area contributed by atoms with Crippen LogP contribution in [0.3, 0.4) is 0 Å². The van der Waals surface area contributed by atoms with Gasteiger partial charge in [0.2, 0.25) is 0 Å². The number of nitrogens with zero attached hydrogens (tertiary/aromatic N) is 2. The van der Waals surface area contributed by atoms with Crippen LogP contribution >= 0.6 is 35.0 Å². The van der Waals surface area contributed by atoms with E-state index in [2.05, 4.69) is 10.2 Å². The molecule has 0 aliphatic heterocycles. The van der Waals surface area contributed by atoms with Crippen LogP contribution in [0.1, 0.15) is 6.92 Å². The summed E-state index contributed by atoms with van der Waals surface area (Å²) >= 11 is 12.8. The molecule has 5 heteroatoms. The molecule has 0 spiro atoms. The van der Waals surface area contributed by atoms with Crippen molar-refractivity contribution in [1.29, 1.82) is 0 Å². The summed E-state index contributed by atoms with van der Waals surface area (Å²) in [5.41, 5.74) is 0. The molecule has 0 fully saturated rings. The van der Waals surface area contributed by atoms with Crippen molar-refractivity contribution in [2.75, 3.05) is 5.88 Å². The molecule has 1 unspecified atom stereocenters. The highest BCUT2D eigenvalue weighted by molar-refractivity contribution is 7.99. The van der Waals surface area contributed by atoms with Gasteiger partial charge in [0.15, 0.2) is 5.15 Å². The molecule has 1 rings (SSSR count). The van der Waals surface area contributed by atoms with Crippen LogP contribution in [0.4, 0.5) is 0 Å². The van der Waals surface area contributed by atoms with Crippen LogP contribution in [0.25, 0.3) is 0 Å². The summed E-state index contributed by atoms with van der Waals surface area (Å²) in [4.78, 5) is 0. The van der Waals surface area contributed by atoms with Crippen LogP contribution in [0, 0.1) is 0 Å². The molecule has 1 atom stereocenters. The average Bonchev–Trinajstić information content (AvgIpc) is 2.09. The molecule has 0 aromatic carbocycles. The fourth-order valence-corrected chi connectivity index (χ4v) is 1.60. The highest BCUT2D eigenvalue weighted by Gasteiger charge is 2.03. The van der Waals surface area contributed by atoms with Gasteiger partial charge in [-0.1, -0.05) is 18.5 Å². The SMILES string of the molecule is CC(CCl)Sc1ccc(Cl)nn1. The summed E-state index contributed by atoms with van der Waals surface area (Å²) in [5.74, 6) is 0.606. The van der Waals surface area contributed by atoms with Gasteiger partial charge in [0, 0.05) is 11.1 Å². The van der Waals surface area contributed by atoms with Crippen molar-refractivity contribution in [3.8, 4) is 0 Å². The molecule has 0 saturated heterocycles. The summed E-state index contributed by atoms with van der Waals surface area (Å²) in [6.45, 7) is 2.04. The van der Waals surface area contributed by atoms with Crippen molar-refractivity contribution in [1.82, 2.24) is 10.2 Å². The minimum absolute atomic E-state index is 0.349. The Balaban J connectivity index is 2.58. The van der Waals surface area contributed by atoms with E-state index in [0.717, 1.165) is 5.03 Å². The number of hydrogen-bond acceptors (Lipinski definition) is 3. The maximum Gasteiger partial charge on any atom is 0.151 e. The third-order valence-electron chi connectivity index (χ3n) is 1.15. The largest absolute Gasteiger partial charge is 0.151 e. The lowest BCUT2D eigenvalue weighted by molar-refractivity contribution is 0.924. The minimum atomic E-state index is 0.349. The van der Waals surface area contributed by atoms with E-state index in [9.17, 15) is 0 Å². The van der Waals surface area contributed by atoms with Crippen molar-refractivity contribution in [2.45, 2.75) is 17.2 Å². The Morgan fingerprint density at radius 3 is 2.75 bits per heavy atom. The number of aromatic nitrogens is 2. The predicted octanol–water partition coefficient (Wildman–Crippen LogP) is 2.85. The van der Waals surface area contributed by atoms with Crippen LogP contribution in [-0.2, 0) is 0 Å². The Hall–Kier alpha value is 0.01000. The minimum Gasteiger partial charge on any atom is -0.143 e. The number of thioether (sulfide) groups is 1. The standard InChI is InChI=1S/C7H8Cl2N2S/c1-5(4-8)12-7-3-2-6(9)10-11-7/h2-3,5H,4H2,1H3. The average molecular weight is 223 g/mol. The smallest absolute Gasteiger partial charge is 0.143 e. The van der Waals surface area contributed by atoms with Gasteiger partial charge in [0.25, 0.3) is 0 Å². The summed E-state index contributed by atoms with van der Waals surface area (Å²) in [6.07, 6.45) is 0. The van der Waals surface area contributed by atoms with Gasteiger partial charge in [0.05, 0.1) is 0 Å². The topological polar surface area (TPSA) is 25.8 Å². The van der Waals surface area contributed by atoms with Gasteiger partial charge < -0.3 is 0 Å². The highest BCUT2D eigenvalue weighted by Crippen LogP contribution is 2.21. The second-order valence-corrected chi connectivity index (χ2v) is 4.43. The fourth-order valence-electron chi connectivity index (χ4n) is 0.604. The molecule has 1 aromatic rings. The second kappa shape index (κ2) is 4.90. The van der Waals surface area contributed by atoms with Gasteiger partial charge in [-0.25, -0.2) is 0 Å². The number of alkyl halides is 1. The normalized spacial score (nSPS) is 12.9. The Bertz CT molecular complexity index is 240. The van der Waals surface area contributed by atoms with Crippen molar-refractivity contribution in [3.63, 3.8) is 0 Å². The van der Waals surface area contributed by atoms with Crippen LogP contribution in [-0.4, -0.2) is 21.3 Å². The third kappa shape index (κ3) is 3.17. The molecule has 0 aliphatic rings. The fraction of sp³-hybridized carbons (Fsp3) is 0.429. The van der Waals surface area contributed by atoms with Crippen LogP contribution in [0.15, 0.2) is 17.2 Å². The lowest BCUT2D eigenvalue weighted by Gasteiger charge is -2.04. The predicted molar refractivity (Wildman–Crippen MR) is 53.1 cm³/mol. The summed E-state index contributed by atoms with van der Waals surface area (Å²) in [6, 6.07) is 3.56. The van der Waals surface area contributed by atoms with Crippen molar-refractivity contribution in [3.05, 3.63) is 17.3 Å². The molecule has 0 saturated carbocycles. The number of halogens is 2. The van der Waals surface area contributed by atoms with E-state index in [4.69, 9.17) is 23.2 Å².